The number of aromatic nitrogens is 1. The van der Waals surface area contributed by atoms with Crippen molar-refractivity contribution in [1.82, 2.24) is 9.29 Å². The molecule has 1 saturated heterocycles. The quantitative estimate of drug-likeness (QED) is 0.579. The molecule has 2 rings (SSSR count). The molecule has 6 nitrogen and oxygen atoms in total. The highest BCUT2D eigenvalue weighted by Gasteiger charge is 2.27. The van der Waals surface area contributed by atoms with Gasteiger partial charge in [0, 0.05) is 19.3 Å². The molecule has 1 aliphatic rings. The van der Waals surface area contributed by atoms with E-state index in [0.29, 0.717) is 24.7 Å². The average Bonchev–Trinajstić information content (AvgIpc) is 3.03. The van der Waals surface area contributed by atoms with Crippen LogP contribution in [0.3, 0.4) is 0 Å². The fourth-order valence-electron chi connectivity index (χ4n) is 2.16. The number of hydrogen-bond acceptors (Lipinski definition) is 6. The van der Waals surface area contributed by atoms with Gasteiger partial charge in [0.25, 0.3) is 0 Å². The number of nitrogens with zero attached hydrogens (tertiary/aromatic N) is 2. The molecule has 0 radical (unpaired) electrons. The third-order valence-corrected chi connectivity index (χ3v) is 6.24. The van der Waals surface area contributed by atoms with Crippen LogP contribution in [0.2, 0.25) is 0 Å². The van der Waals surface area contributed by atoms with Gasteiger partial charge < -0.3 is 4.74 Å². The number of carbonyl (C=O) groups is 1. The number of esters is 1. The first-order valence-corrected chi connectivity index (χ1v) is 9.56. The predicted molar refractivity (Wildman–Crippen MR) is 84.2 cm³/mol. The maximum absolute atomic E-state index is 12.4. The van der Waals surface area contributed by atoms with E-state index in [-0.39, 0.29) is 16.1 Å². The fourth-order valence-corrected chi connectivity index (χ4v) is 4.41. The number of rotatable bonds is 6. The Morgan fingerprint density at radius 2 is 2.09 bits per heavy atom. The summed E-state index contributed by atoms with van der Waals surface area (Å²) in [6, 6.07) is 3.17. The van der Waals surface area contributed by atoms with Gasteiger partial charge in [0.05, 0.1) is 11.6 Å². The molecule has 0 aromatic carbocycles. The van der Waals surface area contributed by atoms with E-state index >= 15 is 0 Å². The van der Waals surface area contributed by atoms with Crippen molar-refractivity contribution in [2.45, 2.75) is 41.9 Å². The van der Waals surface area contributed by atoms with Crippen LogP contribution in [-0.4, -0.2) is 48.6 Å². The van der Waals surface area contributed by atoms with Crippen LogP contribution in [0.15, 0.2) is 28.3 Å². The molecule has 22 heavy (non-hydrogen) atoms. The van der Waals surface area contributed by atoms with Crippen molar-refractivity contribution < 1.29 is 17.9 Å². The van der Waals surface area contributed by atoms with Gasteiger partial charge in [0.2, 0.25) is 10.0 Å². The van der Waals surface area contributed by atoms with E-state index in [2.05, 4.69) is 4.98 Å². The molecule has 0 N–H and O–H groups in total. The third-order valence-electron chi connectivity index (χ3n) is 3.33. The zero-order chi connectivity index (χ0) is 16.2. The molecule has 1 fully saturated rings. The smallest absolute Gasteiger partial charge is 0.319 e. The monoisotopic (exact) mass is 344 g/mol. The normalized spacial score (nSPS) is 17.4. The van der Waals surface area contributed by atoms with E-state index < -0.39 is 10.0 Å². The zero-order valence-corrected chi connectivity index (χ0v) is 14.3. The number of pyridine rings is 1. The van der Waals surface area contributed by atoms with Crippen molar-refractivity contribution in [1.29, 1.82) is 0 Å². The summed E-state index contributed by atoms with van der Waals surface area (Å²) in [5.41, 5.74) is 0. The molecular weight excluding hydrogens is 324 g/mol. The van der Waals surface area contributed by atoms with Gasteiger partial charge in [-0.15, -0.1) is 0 Å². The standard InChI is InChI=1S/C14H20N2O4S2/c1-3-20-14(17)11(2)21-13-7-6-12(10-15-13)22(18,19)16-8-4-5-9-16/h6-7,10-11H,3-5,8-9H2,1-2H3. The van der Waals surface area contributed by atoms with Crippen LogP contribution >= 0.6 is 11.8 Å². The van der Waals surface area contributed by atoms with Crippen molar-refractivity contribution in [2.75, 3.05) is 19.7 Å². The van der Waals surface area contributed by atoms with Gasteiger partial charge in [0.1, 0.15) is 10.1 Å². The average molecular weight is 344 g/mol. The zero-order valence-electron chi connectivity index (χ0n) is 12.7. The minimum atomic E-state index is -3.44. The lowest BCUT2D eigenvalue weighted by atomic mass is 10.4. The van der Waals surface area contributed by atoms with Gasteiger partial charge >= 0.3 is 5.97 Å². The molecular formula is C14H20N2O4S2. The number of sulfonamides is 1. The van der Waals surface area contributed by atoms with Crippen molar-refractivity contribution in [3.8, 4) is 0 Å². The molecule has 1 atom stereocenters. The summed E-state index contributed by atoms with van der Waals surface area (Å²) in [5.74, 6) is -0.303. The summed E-state index contributed by atoms with van der Waals surface area (Å²) < 4.78 is 31.1. The molecule has 122 valence electrons. The number of carbonyl (C=O) groups excluding carboxylic acids is 1. The minimum Gasteiger partial charge on any atom is -0.465 e. The second kappa shape index (κ2) is 7.43. The highest BCUT2D eigenvalue weighted by molar-refractivity contribution is 8.00. The van der Waals surface area contributed by atoms with Gasteiger partial charge in [-0.1, -0.05) is 11.8 Å². The van der Waals surface area contributed by atoms with Crippen LogP contribution in [0.5, 0.6) is 0 Å². The molecule has 1 aliphatic heterocycles. The summed E-state index contributed by atoms with van der Waals surface area (Å²) in [4.78, 5) is 15.9. The number of ether oxygens (including phenoxy) is 1. The number of thioether (sulfide) groups is 1. The van der Waals surface area contributed by atoms with Crippen LogP contribution in [0.1, 0.15) is 26.7 Å². The van der Waals surface area contributed by atoms with Crippen molar-refractivity contribution in [3.05, 3.63) is 18.3 Å². The second-order valence-electron chi connectivity index (χ2n) is 4.96. The Morgan fingerprint density at radius 3 is 2.64 bits per heavy atom. The fraction of sp³-hybridized carbons (Fsp3) is 0.571. The maximum Gasteiger partial charge on any atom is 0.319 e. The minimum absolute atomic E-state index is 0.197. The Labute approximate surface area is 135 Å². The third kappa shape index (κ3) is 3.99. The second-order valence-corrected chi connectivity index (χ2v) is 8.25. The summed E-state index contributed by atoms with van der Waals surface area (Å²) in [7, 11) is -3.44. The molecule has 1 unspecified atom stereocenters. The van der Waals surface area contributed by atoms with Crippen LogP contribution in [0.4, 0.5) is 0 Å². The topological polar surface area (TPSA) is 76.6 Å². The number of hydrogen-bond donors (Lipinski definition) is 0. The van der Waals surface area contributed by atoms with E-state index in [0.717, 1.165) is 12.8 Å². The molecule has 1 aromatic rings. The lowest BCUT2D eigenvalue weighted by Gasteiger charge is -2.15. The first kappa shape index (κ1) is 17.2. The molecule has 0 spiro atoms. The predicted octanol–water partition coefficient (Wildman–Crippen LogP) is 1.91. The van der Waals surface area contributed by atoms with Gasteiger partial charge in [-0.05, 0) is 38.8 Å². The van der Waals surface area contributed by atoms with E-state index in [1.54, 1.807) is 26.0 Å². The summed E-state index contributed by atoms with van der Waals surface area (Å²) in [6.07, 6.45) is 3.16. The van der Waals surface area contributed by atoms with E-state index in [1.807, 2.05) is 0 Å². The molecule has 1 aromatic heterocycles. The molecule has 0 bridgehead atoms. The molecule has 0 amide bonds. The first-order valence-electron chi connectivity index (χ1n) is 7.24. The molecule has 0 aliphatic carbocycles. The van der Waals surface area contributed by atoms with E-state index in [9.17, 15) is 13.2 Å². The van der Waals surface area contributed by atoms with Gasteiger partial charge in [-0.2, -0.15) is 4.31 Å². The highest BCUT2D eigenvalue weighted by Crippen LogP contribution is 2.25. The molecule has 2 heterocycles. The maximum atomic E-state index is 12.4. The van der Waals surface area contributed by atoms with Gasteiger partial charge in [0.15, 0.2) is 0 Å². The largest absolute Gasteiger partial charge is 0.465 e. The highest BCUT2D eigenvalue weighted by atomic mass is 32.2. The van der Waals surface area contributed by atoms with Crippen LogP contribution in [0.25, 0.3) is 0 Å². The van der Waals surface area contributed by atoms with Crippen LogP contribution < -0.4 is 0 Å². The summed E-state index contributed by atoms with van der Waals surface area (Å²) in [6.45, 7) is 4.96. The van der Waals surface area contributed by atoms with Crippen molar-refractivity contribution in [2.24, 2.45) is 0 Å². The SMILES string of the molecule is CCOC(=O)C(C)Sc1ccc(S(=O)(=O)N2CCCC2)cn1. The van der Waals surface area contributed by atoms with Crippen LogP contribution in [0, 0.1) is 0 Å². The van der Waals surface area contributed by atoms with Gasteiger partial charge in [-0.25, -0.2) is 13.4 Å². The van der Waals surface area contributed by atoms with Crippen LogP contribution in [-0.2, 0) is 19.6 Å². The Morgan fingerprint density at radius 1 is 1.41 bits per heavy atom. The molecule has 8 heteroatoms. The Bertz CT molecular complexity index is 610. The Hall–Kier alpha value is -1.12. The van der Waals surface area contributed by atoms with Crippen molar-refractivity contribution >= 4 is 27.8 Å². The Kier molecular flexibility index (Phi) is 5.82. The van der Waals surface area contributed by atoms with E-state index in [4.69, 9.17) is 4.74 Å². The van der Waals surface area contributed by atoms with Crippen molar-refractivity contribution in [3.63, 3.8) is 0 Å². The first-order chi connectivity index (χ1) is 10.4. The Balaban J connectivity index is 2.05. The van der Waals surface area contributed by atoms with Gasteiger partial charge in [-0.3, -0.25) is 4.79 Å². The lowest BCUT2D eigenvalue weighted by molar-refractivity contribution is -0.142. The molecule has 0 saturated carbocycles. The summed E-state index contributed by atoms with van der Waals surface area (Å²) in [5, 5.41) is 0.217. The summed E-state index contributed by atoms with van der Waals surface area (Å²) >= 11 is 1.25. The van der Waals surface area contributed by atoms with E-state index in [1.165, 1.54) is 22.3 Å². The lowest BCUT2D eigenvalue weighted by Crippen LogP contribution is -2.27.